The molecule has 0 radical (unpaired) electrons. The van der Waals surface area contributed by atoms with Crippen molar-refractivity contribution in [3.8, 4) is 5.75 Å². The van der Waals surface area contributed by atoms with Gasteiger partial charge in [0.2, 0.25) is 0 Å². The van der Waals surface area contributed by atoms with E-state index in [1.54, 1.807) is 13.4 Å². The fourth-order valence-electron chi connectivity index (χ4n) is 4.48. The van der Waals surface area contributed by atoms with Crippen LogP contribution in [0.5, 0.6) is 5.75 Å². The van der Waals surface area contributed by atoms with Gasteiger partial charge in [-0.05, 0) is 69.6 Å². The summed E-state index contributed by atoms with van der Waals surface area (Å²) >= 11 is 0. The highest BCUT2D eigenvalue weighted by molar-refractivity contribution is 5.33. The van der Waals surface area contributed by atoms with Crippen molar-refractivity contribution in [2.75, 3.05) is 20.2 Å². The third-order valence-corrected chi connectivity index (χ3v) is 6.33. The summed E-state index contributed by atoms with van der Waals surface area (Å²) in [7, 11) is 1.75. The zero-order valence-electron chi connectivity index (χ0n) is 18.4. The van der Waals surface area contributed by atoms with Gasteiger partial charge in [-0.3, -0.25) is 4.90 Å². The maximum atomic E-state index is 5.53. The number of nitrogens with one attached hydrogen (secondary N) is 1. The first-order valence-corrected chi connectivity index (χ1v) is 10.9. The normalized spacial score (nSPS) is 15.6. The third-order valence-electron chi connectivity index (χ3n) is 6.33. The number of nitrogens with zero attached hydrogens (tertiary/aromatic N) is 2. The Kier molecular flexibility index (Phi) is 6.60. The summed E-state index contributed by atoms with van der Waals surface area (Å²) in [5.74, 6) is 1.99. The number of aromatic nitrogens is 1. The molecule has 0 aliphatic carbocycles. The molecular weight excluding hydrogens is 374 g/mol. The van der Waals surface area contributed by atoms with Crippen LogP contribution in [0.15, 0.2) is 53.1 Å². The van der Waals surface area contributed by atoms with E-state index in [4.69, 9.17) is 9.15 Å². The number of benzene rings is 1. The maximum Gasteiger partial charge on any atom is 0.123 e. The zero-order chi connectivity index (χ0) is 20.9. The molecule has 3 aromatic rings. The number of hydrogen-bond acceptors (Lipinski definition) is 4. The minimum Gasteiger partial charge on any atom is -0.496 e. The predicted octanol–water partition coefficient (Wildman–Crippen LogP) is 4.51. The van der Waals surface area contributed by atoms with Gasteiger partial charge in [-0.1, -0.05) is 18.2 Å². The average Bonchev–Trinajstić information content (AvgIpc) is 3.37. The van der Waals surface area contributed by atoms with Crippen LogP contribution in [0.4, 0.5) is 0 Å². The number of piperidine rings is 1. The lowest BCUT2D eigenvalue weighted by molar-refractivity contribution is 0.188. The van der Waals surface area contributed by atoms with Gasteiger partial charge >= 0.3 is 0 Å². The smallest absolute Gasteiger partial charge is 0.123 e. The SMILES string of the molecule is COc1ccccc1CN1CCC(NCc2cc(C)n(Cc3ccco3)c2C)CC1. The van der Waals surface area contributed by atoms with Crippen molar-refractivity contribution in [3.05, 3.63) is 77.0 Å². The van der Waals surface area contributed by atoms with E-state index in [0.717, 1.165) is 44.2 Å². The number of para-hydroxylation sites is 1. The van der Waals surface area contributed by atoms with Crippen molar-refractivity contribution in [2.45, 2.75) is 52.4 Å². The number of furan rings is 1. The van der Waals surface area contributed by atoms with Crippen LogP contribution in [-0.4, -0.2) is 35.7 Å². The van der Waals surface area contributed by atoms with E-state index in [1.165, 1.54) is 35.4 Å². The van der Waals surface area contributed by atoms with Crippen LogP contribution >= 0.6 is 0 Å². The molecule has 0 amide bonds. The summed E-state index contributed by atoms with van der Waals surface area (Å²) in [4.78, 5) is 2.53. The molecule has 0 bridgehead atoms. The summed E-state index contributed by atoms with van der Waals surface area (Å²) < 4.78 is 13.4. The van der Waals surface area contributed by atoms with Gasteiger partial charge in [0.25, 0.3) is 0 Å². The second kappa shape index (κ2) is 9.54. The van der Waals surface area contributed by atoms with Crippen molar-refractivity contribution in [3.63, 3.8) is 0 Å². The summed E-state index contributed by atoms with van der Waals surface area (Å²) in [6.45, 7) is 9.31. The van der Waals surface area contributed by atoms with Gasteiger partial charge in [0.15, 0.2) is 0 Å². The number of hydrogen-bond donors (Lipinski definition) is 1. The Morgan fingerprint density at radius 1 is 1.03 bits per heavy atom. The highest BCUT2D eigenvalue weighted by atomic mass is 16.5. The highest BCUT2D eigenvalue weighted by Crippen LogP contribution is 2.22. The molecule has 1 aliphatic heterocycles. The number of methoxy groups -OCH3 is 1. The largest absolute Gasteiger partial charge is 0.496 e. The first kappa shape index (κ1) is 20.8. The molecule has 5 heteroatoms. The predicted molar refractivity (Wildman–Crippen MR) is 120 cm³/mol. The Morgan fingerprint density at radius 3 is 2.57 bits per heavy atom. The molecule has 30 heavy (non-hydrogen) atoms. The van der Waals surface area contributed by atoms with Gasteiger partial charge < -0.3 is 19.0 Å². The maximum absolute atomic E-state index is 5.53. The van der Waals surface area contributed by atoms with E-state index >= 15 is 0 Å². The number of likely N-dealkylation sites (tertiary alicyclic amines) is 1. The summed E-state index contributed by atoms with van der Waals surface area (Å²) in [6.07, 6.45) is 4.10. The van der Waals surface area contributed by atoms with Crippen LogP contribution in [0.3, 0.4) is 0 Å². The van der Waals surface area contributed by atoms with Crippen LogP contribution in [0.1, 0.15) is 41.1 Å². The average molecular weight is 408 g/mol. The fourth-order valence-corrected chi connectivity index (χ4v) is 4.48. The van der Waals surface area contributed by atoms with E-state index in [2.05, 4.69) is 46.8 Å². The zero-order valence-corrected chi connectivity index (χ0v) is 18.4. The van der Waals surface area contributed by atoms with Crippen LogP contribution in [0.25, 0.3) is 0 Å². The molecule has 3 heterocycles. The van der Waals surface area contributed by atoms with E-state index in [-0.39, 0.29) is 0 Å². The molecule has 0 saturated carbocycles. The molecule has 1 fully saturated rings. The third kappa shape index (κ3) is 4.79. The van der Waals surface area contributed by atoms with Crippen LogP contribution in [-0.2, 0) is 19.6 Å². The highest BCUT2D eigenvalue weighted by Gasteiger charge is 2.20. The molecule has 0 atom stereocenters. The molecule has 1 aliphatic rings. The molecule has 4 rings (SSSR count). The Balaban J connectivity index is 1.28. The summed E-state index contributed by atoms with van der Waals surface area (Å²) in [5, 5.41) is 3.80. The van der Waals surface area contributed by atoms with Crippen LogP contribution in [0.2, 0.25) is 0 Å². The van der Waals surface area contributed by atoms with Gasteiger partial charge in [-0.15, -0.1) is 0 Å². The lowest BCUT2D eigenvalue weighted by Crippen LogP contribution is -2.41. The summed E-state index contributed by atoms with van der Waals surface area (Å²) in [5.41, 5.74) is 5.27. The van der Waals surface area contributed by atoms with Crippen molar-refractivity contribution in [2.24, 2.45) is 0 Å². The molecule has 160 valence electrons. The van der Waals surface area contributed by atoms with Gasteiger partial charge in [0.1, 0.15) is 11.5 Å². The van der Waals surface area contributed by atoms with Crippen molar-refractivity contribution < 1.29 is 9.15 Å². The molecular formula is C25H33N3O2. The first-order chi connectivity index (χ1) is 14.6. The molecule has 0 unspecified atom stereocenters. The Morgan fingerprint density at radius 2 is 1.83 bits per heavy atom. The number of rotatable bonds is 8. The number of aryl methyl sites for hydroxylation is 1. The van der Waals surface area contributed by atoms with E-state index in [9.17, 15) is 0 Å². The van der Waals surface area contributed by atoms with Gasteiger partial charge in [0.05, 0.1) is 19.9 Å². The standard InChI is InChI=1S/C25H33N3O2/c1-19-15-22(20(2)28(19)18-24-8-6-14-30-24)16-26-23-10-12-27(13-11-23)17-21-7-4-5-9-25(21)29-3/h4-9,14-15,23,26H,10-13,16-18H2,1-3H3. The molecule has 1 aromatic carbocycles. The first-order valence-electron chi connectivity index (χ1n) is 10.9. The molecule has 5 nitrogen and oxygen atoms in total. The quantitative estimate of drug-likeness (QED) is 0.597. The second-order valence-electron chi connectivity index (χ2n) is 8.31. The van der Waals surface area contributed by atoms with Crippen molar-refractivity contribution >= 4 is 0 Å². The Bertz CT molecular complexity index is 937. The molecule has 2 aromatic heterocycles. The second-order valence-corrected chi connectivity index (χ2v) is 8.31. The van der Waals surface area contributed by atoms with Gasteiger partial charge in [-0.2, -0.15) is 0 Å². The molecule has 1 N–H and O–H groups in total. The topological polar surface area (TPSA) is 42.6 Å². The van der Waals surface area contributed by atoms with E-state index in [0.29, 0.717) is 6.04 Å². The monoisotopic (exact) mass is 407 g/mol. The van der Waals surface area contributed by atoms with Crippen LogP contribution in [0, 0.1) is 13.8 Å². The van der Waals surface area contributed by atoms with Crippen molar-refractivity contribution in [1.82, 2.24) is 14.8 Å². The van der Waals surface area contributed by atoms with Crippen LogP contribution < -0.4 is 10.1 Å². The Labute approximate surface area is 179 Å². The van der Waals surface area contributed by atoms with Gasteiger partial charge in [-0.25, -0.2) is 0 Å². The van der Waals surface area contributed by atoms with E-state index < -0.39 is 0 Å². The molecule has 1 saturated heterocycles. The lowest BCUT2D eigenvalue weighted by Gasteiger charge is -2.32. The lowest BCUT2D eigenvalue weighted by atomic mass is 10.0. The minimum absolute atomic E-state index is 0.576. The number of ether oxygens (including phenoxy) is 1. The fraction of sp³-hybridized carbons (Fsp3) is 0.440. The van der Waals surface area contributed by atoms with Crippen molar-refractivity contribution in [1.29, 1.82) is 0 Å². The molecule has 0 spiro atoms. The van der Waals surface area contributed by atoms with E-state index in [1.807, 2.05) is 24.3 Å². The Hall–Kier alpha value is -2.50. The minimum atomic E-state index is 0.576. The van der Waals surface area contributed by atoms with Gasteiger partial charge in [0, 0.05) is 36.1 Å². The summed E-state index contributed by atoms with van der Waals surface area (Å²) in [6, 6.07) is 15.2.